The summed E-state index contributed by atoms with van der Waals surface area (Å²) in [6.45, 7) is 9.91. The van der Waals surface area contributed by atoms with E-state index in [0.29, 0.717) is 23.9 Å². The molecule has 0 aromatic rings. The molecule has 0 saturated carbocycles. The van der Waals surface area contributed by atoms with Crippen LogP contribution in [0, 0.1) is 11.8 Å². The number of hydrogen-bond acceptors (Lipinski definition) is 3. The van der Waals surface area contributed by atoms with Crippen LogP contribution in [-0.4, -0.2) is 43.8 Å². The van der Waals surface area contributed by atoms with Crippen LogP contribution in [-0.2, 0) is 4.74 Å². The minimum absolute atomic E-state index is 0.400. The normalized spacial score (nSPS) is 29.6. The predicted molar refractivity (Wildman–Crippen MR) is 68.4 cm³/mol. The highest BCUT2D eigenvalue weighted by Gasteiger charge is 2.30. The Hall–Kier alpha value is -0.120. The number of methoxy groups -OCH3 is 1. The monoisotopic (exact) mass is 228 g/mol. The quantitative estimate of drug-likeness (QED) is 0.778. The molecule has 3 atom stereocenters. The van der Waals surface area contributed by atoms with Crippen molar-refractivity contribution in [3.63, 3.8) is 0 Å². The second kappa shape index (κ2) is 6.58. The van der Waals surface area contributed by atoms with Crippen LogP contribution in [0.5, 0.6) is 0 Å². The van der Waals surface area contributed by atoms with Gasteiger partial charge in [0.15, 0.2) is 0 Å². The first-order chi connectivity index (χ1) is 7.60. The lowest BCUT2D eigenvalue weighted by atomic mass is 9.88. The van der Waals surface area contributed by atoms with E-state index in [1.54, 1.807) is 7.11 Å². The number of hydrogen-bond donors (Lipinski definition) is 1. The highest BCUT2D eigenvalue weighted by Crippen LogP contribution is 2.23. The first kappa shape index (κ1) is 13.9. The third-order valence-corrected chi connectivity index (χ3v) is 3.92. The zero-order chi connectivity index (χ0) is 12.1. The van der Waals surface area contributed by atoms with E-state index in [-0.39, 0.29) is 0 Å². The van der Waals surface area contributed by atoms with E-state index in [2.05, 4.69) is 25.7 Å². The van der Waals surface area contributed by atoms with E-state index < -0.39 is 0 Å². The fraction of sp³-hybridized carbons (Fsp3) is 1.00. The van der Waals surface area contributed by atoms with Crippen molar-refractivity contribution in [1.29, 1.82) is 0 Å². The van der Waals surface area contributed by atoms with Gasteiger partial charge in [0, 0.05) is 32.3 Å². The maximum Gasteiger partial charge on any atom is 0.0620 e. The summed E-state index contributed by atoms with van der Waals surface area (Å²) in [6, 6.07) is 0.947. The third-order valence-electron chi connectivity index (χ3n) is 3.92. The number of nitrogens with two attached hydrogens (primary N) is 1. The van der Waals surface area contributed by atoms with Gasteiger partial charge in [0.2, 0.25) is 0 Å². The first-order valence-electron chi connectivity index (χ1n) is 6.58. The molecule has 0 aromatic carbocycles. The molecule has 96 valence electrons. The molecule has 1 aliphatic heterocycles. The Labute approximate surface area is 100 Å². The molecule has 3 nitrogen and oxygen atoms in total. The molecule has 1 aliphatic rings. The van der Waals surface area contributed by atoms with Gasteiger partial charge in [-0.1, -0.05) is 27.2 Å². The number of rotatable bonds is 5. The minimum atomic E-state index is 0.400. The van der Waals surface area contributed by atoms with Gasteiger partial charge in [-0.15, -0.1) is 0 Å². The molecule has 0 aromatic heterocycles. The van der Waals surface area contributed by atoms with Crippen LogP contribution in [0.3, 0.4) is 0 Å². The van der Waals surface area contributed by atoms with Crippen LogP contribution >= 0.6 is 0 Å². The summed E-state index contributed by atoms with van der Waals surface area (Å²) in [5.74, 6) is 1.30. The molecule has 16 heavy (non-hydrogen) atoms. The van der Waals surface area contributed by atoms with Gasteiger partial charge in [-0.3, -0.25) is 4.90 Å². The third kappa shape index (κ3) is 3.44. The number of likely N-dealkylation sites (tertiary alicyclic amines) is 1. The van der Waals surface area contributed by atoms with E-state index in [1.807, 2.05) is 0 Å². The molecule has 0 spiro atoms. The SMILES string of the molecule is CCC1CN(C(COC)C(C)C)CCC1N. The smallest absolute Gasteiger partial charge is 0.0620 e. The summed E-state index contributed by atoms with van der Waals surface area (Å²) in [4.78, 5) is 2.58. The second-order valence-electron chi connectivity index (χ2n) is 5.38. The van der Waals surface area contributed by atoms with E-state index in [0.717, 1.165) is 26.1 Å². The Kier molecular flexibility index (Phi) is 5.73. The van der Waals surface area contributed by atoms with Crippen molar-refractivity contribution in [3.8, 4) is 0 Å². The Morgan fingerprint density at radius 2 is 2.12 bits per heavy atom. The Morgan fingerprint density at radius 3 is 2.62 bits per heavy atom. The van der Waals surface area contributed by atoms with Gasteiger partial charge in [0.1, 0.15) is 0 Å². The van der Waals surface area contributed by atoms with E-state index in [9.17, 15) is 0 Å². The molecule has 1 fully saturated rings. The highest BCUT2D eigenvalue weighted by atomic mass is 16.5. The molecule has 3 unspecified atom stereocenters. The molecule has 1 heterocycles. The summed E-state index contributed by atoms with van der Waals surface area (Å²) in [5, 5.41) is 0. The molecule has 3 heteroatoms. The van der Waals surface area contributed by atoms with Gasteiger partial charge in [-0.2, -0.15) is 0 Å². The van der Waals surface area contributed by atoms with Gasteiger partial charge >= 0.3 is 0 Å². The van der Waals surface area contributed by atoms with Crippen LogP contribution in [0.15, 0.2) is 0 Å². The molecule has 0 amide bonds. The summed E-state index contributed by atoms with van der Waals surface area (Å²) < 4.78 is 5.34. The predicted octanol–water partition coefficient (Wildman–Crippen LogP) is 1.72. The Morgan fingerprint density at radius 1 is 1.44 bits per heavy atom. The van der Waals surface area contributed by atoms with Crippen molar-refractivity contribution < 1.29 is 4.74 Å². The number of ether oxygens (including phenoxy) is 1. The van der Waals surface area contributed by atoms with Crippen LogP contribution in [0.4, 0.5) is 0 Å². The highest BCUT2D eigenvalue weighted by molar-refractivity contribution is 4.86. The average Bonchev–Trinajstić information content (AvgIpc) is 2.26. The molecule has 1 saturated heterocycles. The molecule has 2 N–H and O–H groups in total. The average molecular weight is 228 g/mol. The van der Waals surface area contributed by atoms with Crippen molar-refractivity contribution >= 4 is 0 Å². The second-order valence-corrected chi connectivity index (χ2v) is 5.38. The zero-order valence-corrected chi connectivity index (χ0v) is 11.3. The van der Waals surface area contributed by atoms with Gasteiger partial charge in [0.05, 0.1) is 6.61 Å². The summed E-state index contributed by atoms with van der Waals surface area (Å²) in [6.07, 6.45) is 2.32. The molecule has 1 rings (SSSR count). The van der Waals surface area contributed by atoms with Crippen molar-refractivity contribution in [1.82, 2.24) is 4.90 Å². The van der Waals surface area contributed by atoms with Gasteiger partial charge in [-0.05, 0) is 18.3 Å². The fourth-order valence-electron chi connectivity index (χ4n) is 2.70. The molecule has 0 aliphatic carbocycles. The lowest BCUT2D eigenvalue weighted by molar-refractivity contribution is 0.0304. The molecular weight excluding hydrogens is 200 g/mol. The van der Waals surface area contributed by atoms with Crippen molar-refractivity contribution in [3.05, 3.63) is 0 Å². The Bertz CT molecular complexity index is 196. The fourth-order valence-corrected chi connectivity index (χ4v) is 2.70. The number of piperidine rings is 1. The van der Waals surface area contributed by atoms with E-state index in [1.165, 1.54) is 6.42 Å². The van der Waals surface area contributed by atoms with Crippen molar-refractivity contribution in [2.24, 2.45) is 17.6 Å². The lowest BCUT2D eigenvalue weighted by Gasteiger charge is -2.42. The standard InChI is InChI=1S/C13H28N2O/c1-5-11-8-15(7-6-12(11)14)13(9-16-4)10(2)3/h10-13H,5-9,14H2,1-4H3. The van der Waals surface area contributed by atoms with Crippen LogP contribution < -0.4 is 5.73 Å². The molecular formula is C13H28N2O. The topological polar surface area (TPSA) is 38.5 Å². The van der Waals surface area contributed by atoms with E-state index >= 15 is 0 Å². The Balaban J connectivity index is 2.57. The summed E-state index contributed by atoms with van der Waals surface area (Å²) >= 11 is 0. The van der Waals surface area contributed by atoms with Crippen LogP contribution in [0.2, 0.25) is 0 Å². The van der Waals surface area contributed by atoms with Crippen LogP contribution in [0.1, 0.15) is 33.6 Å². The summed E-state index contributed by atoms with van der Waals surface area (Å²) in [5.41, 5.74) is 6.14. The van der Waals surface area contributed by atoms with Gasteiger partial charge in [-0.25, -0.2) is 0 Å². The minimum Gasteiger partial charge on any atom is -0.383 e. The van der Waals surface area contributed by atoms with E-state index in [4.69, 9.17) is 10.5 Å². The molecule has 0 radical (unpaired) electrons. The van der Waals surface area contributed by atoms with Crippen molar-refractivity contribution in [2.75, 3.05) is 26.8 Å². The maximum absolute atomic E-state index is 6.14. The first-order valence-corrected chi connectivity index (χ1v) is 6.58. The zero-order valence-electron chi connectivity index (χ0n) is 11.3. The lowest BCUT2D eigenvalue weighted by Crippen LogP contribution is -2.53. The largest absolute Gasteiger partial charge is 0.383 e. The molecule has 0 bridgehead atoms. The van der Waals surface area contributed by atoms with Gasteiger partial charge in [0.25, 0.3) is 0 Å². The van der Waals surface area contributed by atoms with Crippen LogP contribution in [0.25, 0.3) is 0 Å². The number of nitrogens with zero attached hydrogens (tertiary/aromatic N) is 1. The maximum atomic E-state index is 6.14. The summed E-state index contributed by atoms with van der Waals surface area (Å²) in [7, 11) is 1.79. The van der Waals surface area contributed by atoms with Crippen molar-refractivity contribution in [2.45, 2.75) is 45.7 Å². The van der Waals surface area contributed by atoms with Gasteiger partial charge < -0.3 is 10.5 Å².